The third-order valence-corrected chi connectivity index (χ3v) is 5.44. The number of amides is 2. The normalized spacial score (nSPS) is 10.8. The monoisotopic (exact) mass is 448 g/mol. The third kappa shape index (κ3) is 4.70. The molecule has 4 aromatic rings. The van der Waals surface area contributed by atoms with Crippen LogP contribution in [0.5, 0.6) is 0 Å². The first-order valence-corrected chi connectivity index (χ1v) is 10.7. The number of thioether (sulfide) groups is 1. The highest BCUT2D eigenvalue weighted by atomic mass is 32.2. The van der Waals surface area contributed by atoms with E-state index >= 15 is 0 Å². The Morgan fingerprint density at radius 3 is 2.59 bits per heavy atom. The van der Waals surface area contributed by atoms with Crippen LogP contribution in [0.3, 0.4) is 0 Å². The van der Waals surface area contributed by atoms with E-state index in [0.717, 1.165) is 23.0 Å². The lowest BCUT2D eigenvalue weighted by Crippen LogP contribution is -2.16. The summed E-state index contributed by atoms with van der Waals surface area (Å²) in [6.07, 6.45) is 1.48. The van der Waals surface area contributed by atoms with Crippen molar-refractivity contribution in [2.24, 2.45) is 0 Å². The summed E-state index contributed by atoms with van der Waals surface area (Å²) in [6, 6.07) is 14.5. The molecule has 9 nitrogen and oxygen atoms in total. The van der Waals surface area contributed by atoms with Crippen LogP contribution in [0.2, 0.25) is 0 Å². The minimum atomic E-state index is -0.319. The summed E-state index contributed by atoms with van der Waals surface area (Å²) in [5, 5.41) is 10.5. The summed E-state index contributed by atoms with van der Waals surface area (Å²) in [5.74, 6) is -0.429. The molecule has 2 aromatic heterocycles. The van der Waals surface area contributed by atoms with E-state index in [9.17, 15) is 14.4 Å². The molecular weight excluding hydrogens is 428 g/mol. The minimum absolute atomic E-state index is 0.0390. The lowest BCUT2D eigenvalue weighted by molar-refractivity contribution is -0.114. The van der Waals surface area contributed by atoms with E-state index in [1.54, 1.807) is 28.9 Å². The topological polar surface area (TPSA) is 122 Å². The maximum Gasteiger partial charge on any atom is 0.262 e. The van der Waals surface area contributed by atoms with Gasteiger partial charge in [0.05, 0.1) is 17.6 Å². The molecule has 162 valence electrons. The summed E-state index contributed by atoms with van der Waals surface area (Å²) >= 11 is 1.11. The zero-order chi connectivity index (χ0) is 22.7. The number of H-pyrrole nitrogens is 1. The molecule has 0 unspecified atom stereocenters. The lowest BCUT2D eigenvalue weighted by Gasteiger charge is -2.08. The molecule has 2 amide bonds. The Bertz CT molecular complexity index is 1380. The molecule has 0 saturated heterocycles. The van der Waals surface area contributed by atoms with Crippen molar-refractivity contribution in [2.45, 2.75) is 19.0 Å². The van der Waals surface area contributed by atoms with Crippen LogP contribution in [-0.4, -0.2) is 37.3 Å². The van der Waals surface area contributed by atoms with Gasteiger partial charge in [-0.3, -0.25) is 14.4 Å². The van der Waals surface area contributed by atoms with Crippen molar-refractivity contribution < 1.29 is 9.59 Å². The van der Waals surface area contributed by atoms with Gasteiger partial charge >= 0.3 is 0 Å². The predicted molar refractivity (Wildman–Crippen MR) is 124 cm³/mol. The Kier molecular flexibility index (Phi) is 6.04. The minimum Gasteiger partial charge on any atom is -0.326 e. The highest BCUT2D eigenvalue weighted by molar-refractivity contribution is 7.99. The van der Waals surface area contributed by atoms with Gasteiger partial charge in [0.25, 0.3) is 5.56 Å². The van der Waals surface area contributed by atoms with E-state index < -0.39 is 0 Å². The molecule has 4 rings (SSSR count). The van der Waals surface area contributed by atoms with E-state index in [1.165, 1.54) is 13.1 Å². The zero-order valence-corrected chi connectivity index (χ0v) is 18.2. The Hall–Kier alpha value is -3.92. The molecule has 32 heavy (non-hydrogen) atoms. The van der Waals surface area contributed by atoms with Crippen molar-refractivity contribution >= 4 is 46.0 Å². The molecule has 2 heterocycles. The summed E-state index contributed by atoms with van der Waals surface area (Å²) in [4.78, 5) is 43.3. The number of benzene rings is 2. The Morgan fingerprint density at radius 2 is 1.84 bits per heavy atom. The average molecular weight is 449 g/mol. The standard InChI is InChI=1S/C22H20N6O3S/c1-13-6-3-4-9-18(13)28-20-17(11-23-28)21(31)27-22(26-20)32-12-19(30)25-16-8-5-7-15(10-16)24-14(2)29/h3-11H,12H2,1-2H3,(H,24,29)(H,25,30)(H,26,27,31). The molecule has 0 aliphatic carbocycles. The molecule has 3 N–H and O–H groups in total. The largest absolute Gasteiger partial charge is 0.326 e. The summed E-state index contributed by atoms with van der Waals surface area (Å²) in [5.41, 5.74) is 3.07. The van der Waals surface area contributed by atoms with Crippen LogP contribution in [0, 0.1) is 6.92 Å². The summed E-state index contributed by atoms with van der Waals surface area (Å²) < 4.78 is 1.62. The number of hydrogen-bond donors (Lipinski definition) is 3. The van der Waals surface area contributed by atoms with Crippen molar-refractivity contribution in [3.8, 4) is 5.69 Å². The quantitative estimate of drug-likeness (QED) is 0.308. The number of anilines is 2. The fourth-order valence-corrected chi connectivity index (χ4v) is 3.81. The first kappa shape index (κ1) is 21.3. The number of aromatic amines is 1. The van der Waals surface area contributed by atoms with Crippen LogP contribution < -0.4 is 16.2 Å². The second kappa shape index (κ2) is 9.06. The number of hydrogen-bond acceptors (Lipinski definition) is 6. The SMILES string of the molecule is CC(=O)Nc1cccc(NC(=O)CSc2nc3c(cnn3-c3ccccc3C)c(=O)[nH]2)c1. The lowest BCUT2D eigenvalue weighted by atomic mass is 10.2. The smallest absolute Gasteiger partial charge is 0.262 e. The number of para-hydroxylation sites is 1. The number of aromatic nitrogens is 4. The van der Waals surface area contributed by atoms with Crippen molar-refractivity contribution in [2.75, 3.05) is 16.4 Å². The van der Waals surface area contributed by atoms with E-state index in [2.05, 4.69) is 25.7 Å². The number of carbonyl (C=O) groups is 2. The van der Waals surface area contributed by atoms with Gasteiger partial charge in [-0.2, -0.15) is 5.10 Å². The zero-order valence-electron chi connectivity index (χ0n) is 17.4. The summed E-state index contributed by atoms with van der Waals surface area (Å²) in [6.45, 7) is 3.37. The molecule has 0 bridgehead atoms. The molecule has 0 aliphatic heterocycles. The van der Waals surface area contributed by atoms with Gasteiger partial charge in [0.15, 0.2) is 10.8 Å². The number of fused-ring (bicyclic) bond motifs is 1. The van der Waals surface area contributed by atoms with Crippen LogP contribution in [0.4, 0.5) is 11.4 Å². The molecule has 2 aromatic carbocycles. The summed E-state index contributed by atoms with van der Waals surface area (Å²) in [7, 11) is 0. The Labute approximate surface area is 187 Å². The first-order chi connectivity index (χ1) is 15.4. The van der Waals surface area contributed by atoms with Gasteiger partial charge in [-0.15, -0.1) is 0 Å². The van der Waals surface area contributed by atoms with Gasteiger partial charge in [-0.05, 0) is 36.8 Å². The van der Waals surface area contributed by atoms with Gasteiger partial charge in [-0.1, -0.05) is 36.0 Å². The number of rotatable bonds is 6. The average Bonchev–Trinajstić information content (AvgIpc) is 3.17. The van der Waals surface area contributed by atoms with Crippen LogP contribution in [0.1, 0.15) is 12.5 Å². The van der Waals surface area contributed by atoms with Gasteiger partial charge in [0.2, 0.25) is 11.8 Å². The number of carbonyl (C=O) groups excluding carboxylic acids is 2. The fourth-order valence-electron chi connectivity index (χ4n) is 3.15. The second-order valence-electron chi connectivity index (χ2n) is 7.05. The molecule has 10 heteroatoms. The maximum absolute atomic E-state index is 12.5. The molecular formula is C22H20N6O3S. The second-order valence-corrected chi connectivity index (χ2v) is 8.01. The number of nitrogens with one attached hydrogen (secondary N) is 3. The Balaban J connectivity index is 1.51. The van der Waals surface area contributed by atoms with Gasteiger partial charge in [-0.25, -0.2) is 9.67 Å². The molecule has 0 atom stereocenters. The molecule has 0 saturated carbocycles. The maximum atomic E-state index is 12.5. The number of nitrogens with zero attached hydrogens (tertiary/aromatic N) is 3. The Morgan fingerprint density at radius 1 is 1.09 bits per heavy atom. The third-order valence-electron chi connectivity index (χ3n) is 4.57. The molecule has 0 aliphatic rings. The van der Waals surface area contributed by atoms with E-state index in [4.69, 9.17) is 0 Å². The van der Waals surface area contributed by atoms with Crippen molar-refractivity contribution in [3.05, 3.63) is 70.6 Å². The fraction of sp³-hybridized carbons (Fsp3) is 0.136. The van der Waals surface area contributed by atoms with Gasteiger partial charge in [0.1, 0.15) is 5.39 Å². The number of aryl methyl sites for hydroxylation is 1. The highest BCUT2D eigenvalue weighted by Crippen LogP contribution is 2.20. The van der Waals surface area contributed by atoms with E-state index in [-0.39, 0.29) is 23.1 Å². The van der Waals surface area contributed by atoms with Crippen molar-refractivity contribution in [1.82, 2.24) is 19.7 Å². The van der Waals surface area contributed by atoms with Gasteiger partial charge in [0, 0.05) is 18.3 Å². The van der Waals surface area contributed by atoms with Crippen LogP contribution in [-0.2, 0) is 9.59 Å². The van der Waals surface area contributed by atoms with E-state index in [0.29, 0.717) is 27.6 Å². The van der Waals surface area contributed by atoms with Crippen LogP contribution >= 0.6 is 11.8 Å². The predicted octanol–water partition coefficient (Wildman–Crippen LogP) is 3.11. The van der Waals surface area contributed by atoms with Crippen LogP contribution in [0.15, 0.2) is 64.7 Å². The molecule has 0 fully saturated rings. The van der Waals surface area contributed by atoms with Crippen molar-refractivity contribution in [3.63, 3.8) is 0 Å². The molecule has 0 spiro atoms. The highest BCUT2D eigenvalue weighted by Gasteiger charge is 2.14. The van der Waals surface area contributed by atoms with Crippen LogP contribution in [0.25, 0.3) is 16.7 Å². The van der Waals surface area contributed by atoms with Crippen molar-refractivity contribution in [1.29, 1.82) is 0 Å². The van der Waals surface area contributed by atoms with Gasteiger partial charge < -0.3 is 15.6 Å². The molecule has 0 radical (unpaired) electrons. The van der Waals surface area contributed by atoms with E-state index in [1.807, 2.05) is 31.2 Å². The first-order valence-electron chi connectivity index (χ1n) is 9.75.